The lowest BCUT2D eigenvalue weighted by atomic mass is 10.0. The first-order valence-corrected chi connectivity index (χ1v) is 12.8. The Kier molecular flexibility index (Phi) is 5.92. The number of nitrogens with zero attached hydrogens (tertiary/aromatic N) is 9. The van der Waals surface area contributed by atoms with E-state index < -0.39 is 0 Å². The van der Waals surface area contributed by atoms with Crippen LogP contribution in [-0.2, 0) is 7.05 Å². The Morgan fingerprint density at radius 1 is 1.03 bits per heavy atom. The summed E-state index contributed by atoms with van der Waals surface area (Å²) < 4.78 is 3.81. The molecule has 1 unspecified atom stereocenters. The quantitative estimate of drug-likeness (QED) is 0.351. The van der Waals surface area contributed by atoms with E-state index in [4.69, 9.17) is 16.6 Å². The van der Waals surface area contributed by atoms with Gasteiger partial charge in [-0.1, -0.05) is 17.7 Å². The number of fused-ring (bicyclic) bond motifs is 3. The molecule has 1 aliphatic heterocycles. The van der Waals surface area contributed by atoms with Crippen molar-refractivity contribution < 1.29 is 0 Å². The normalized spacial score (nSPS) is 15.5. The van der Waals surface area contributed by atoms with Crippen LogP contribution in [0.25, 0.3) is 27.9 Å². The molecule has 0 aliphatic carbocycles. The highest BCUT2D eigenvalue weighted by Crippen LogP contribution is 2.34. The van der Waals surface area contributed by atoms with Crippen molar-refractivity contribution in [3.05, 3.63) is 59.1 Å². The second-order valence-corrected chi connectivity index (χ2v) is 10.1. The van der Waals surface area contributed by atoms with E-state index in [2.05, 4.69) is 68.4 Å². The van der Waals surface area contributed by atoms with Gasteiger partial charge in [-0.25, -0.2) is 9.97 Å². The minimum atomic E-state index is -0.0736. The first kappa shape index (κ1) is 23.6. The number of benzene rings is 1. The Morgan fingerprint density at radius 2 is 1.84 bits per heavy atom. The Hall–Kier alpha value is -3.76. The van der Waals surface area contributed by atoms with E-state index in [1.807, 2.05) is 23.6 Å². The van der Waals surface area contributed by atoms with E-state index in [1.165, 1.54) is 0 Å². The number of pyridine rings is 1. The fraction of sp³-hybridized carbons (Fsp3) is 0.346. The monoisotopic (exact) mass is 516 g/mol. The summed E-state index contributed by atoms with van der Waals surface area (Å²) in [6.45, 7) is 8.03. The Bertz CT molecular complexity index is 1600. The Morgan fingerprint density at radius 3 is 2.59 bits per heavy atom. The zero-order valence-electron chi connectivity index (χ0n) is 21.4. The summed E-state index contributed by atoms with van der Waals surface area (Å²) in [4.78, 5) is 14.5. The van der Waals surface area contributed by atoms with Gasteiger partial charge in [0.25, 0.3) is 0 Å². The number of likely N-dealkylation sites (N-methyl/N-ethyl adjacent to an activating group) is 1. The highest BCUT2D eigenvalue weighted by Gasteiger charge is 2.23. The molecule has 5 heterocycles. The third-order valence-electron chi connectivity index (χ3n) is 7.05. The number of anilines is 2. The van der Waals surface area contributed by atoms with E-state index in [1.54, 1.807) is 23.3 Å². The largest absolute Gasteiger partial charge is 0.377 e. The van der Waals surface area contributed by atoms with Crippen LogP contribution in [0.1, 0.15) is 24.1 Å². The number of aryl methyl sites for hydroxylation is 2. The highest BCUT2D eigenvalue weighted by molar-refractivity contribution is 6.29. The van der Waals surface area contributed by atoms with E-state index in [0.29, 0.717) is 5.15 Å². The molecule has 37 heavy (non-hydrogen) atoms. The lowest BCUT2D eigenvalue weighted by Crippen LogP contribution is -2.45. The zero-order chi connectivity index (χ0) is 25.7. The maximum atomic E-state index is 6.28. The predicted octanol–water partition coefficient (Wildman–Crippen LogP) is 3.96. The Balaban J connectivity index is 1.46. The number of halogens is 1. The van der Waals surface area contributed by atoms with E-state index in [-0.39, 0.29) is 6.04 Å². The second kappa shape index (κ2) is 9.28. The highest BCUT2D eigenvalue weighted by atomic mass is 35.5. The summed E-state index contributed by atoms with van der Waals surface area (Å²) in [6, 6.07) is 9.96. The molecule has 1 N–H and O–H groups in total. The van der Waals surface area contributed by atoms with E-state index in [9.17, 15) is 0 Å². The van der Waals surface area contributed by atoms with Gasteiger partial charge in [0.2, 0.25) is 5.95 Å². The van der Waals surface area contributed by atoms with Gasteiger partial charge >= 0.3 is 0 Å². The van der Waals surface area contributed by atoms with Crippen LogP contribution in [0.4, 0.5) is 11.6 Å². The summed E-state index contributed by atoms with van der Waals surface area (Å²) in [6.07, 6.45) is 3.52. The van der Waals surface area contributed by atoms with Crippen molar-refractivity contribution in [1.29, 1.82) is 0 Å². The van der Waals surface area contributed by atoms with Crippen LogP contribution in [0, 0.1) is 6.92 Å². The van der Waals surface area contributed by atoms with Crippen LogP contribution >= 0.6 is 11.6 Å². The maximum Gasteiger partial charge on any atom is 0.213 e. The van der Waals surface area contributed by atoms with Crippen molar-refractivity contribution in [3.8, 4) is 11.4 Å². The molecule has 0 bridgehead atoms. The minimum Gasteiger partial charge on any atom is -0.377 e. The van der Waals surface area contributed by atoms with Gasteiger partial charge in [-0.15, -0.1) is 10.2 Å². The SMILES string of the molecule is Cc1cc(C(C)Nc2ccc(Cl)nc2-c2ccnn2C)c2nc(N3CCN(C)CC3)n3cnnc3c2c1. The van der Waals surface area contributed by atoms with Crippen LogP contribution in [0.15, 0.2) is 42.9 Å². The maximum absolute atomic E-state index is 6.28. The van der Waals surface area contributed by atoms with Gasteiger partial charge in [-0.3, -0.25) is 9.08 Å². The first-order valence-electron chi connectivity index (χ1n) is 12.4. The summed E-state index contributed by atoms with van der Waals surface area (Å²) >= 11 is 6.28. The van der Waals surface area contributed by atoms with Crippen LogP contribution < -0.4 is 10.2 Å². The lowest BCUT2D eigenvalue weighted by Gasteiger charge is -2.33. The van der Waals surface area contributed by atoms with Gasteiger partial charge in [0.05, 0.1) is 22.9 Å². The molecule has 1 aromatic carbocycles. The second-order valence-electron chi connectivity index (χ2n) is 9.71. The average molecular weight is 517 g/mol. The molecule has 0 amide bonds. The third kappa shape index (κ3) is 4.25. The molecule has 1 aliphatic rings. The molecular weight excluding hydrogens is 488 g/mol. The van der Waals surface area contributed by atoms with Crippen molar-refractivity contribution in [2.24, 2.45) is 7.05 Å². The van der Waals surface area contributed by atoms with Crippen LogP contribution in [0.2, 0.25) is 5.15 Å². The fourth-order valence-corrected chi connectivity index (χ4v) is 5.19. The topological polar surface area (TPSA) is 92.3 Å². The molecule has 1 saturated heterocycles. The number of rotatable bonds is 5. The average Bonchev–Trinajstić information content (AvgIpc) is 3.54. The summed E-state index contributed by atoms with van der Waals surface area (Å²) in [5, 5.41) is 18.1. The van der Waals surface area contributed by atoms with Gasteiger partial charge < -0.3 is 15.1 Å². The van der Waals surface area contributed by atoms with Crippen molar-refractivity contribution in [1.82, 2.24) is 39.2 Å². The molecule has 0 radical (unpaired) electrons. The lowest BCUT2D eigenvalue weighted by molar-refractivity contribution is 0.311. The predicted molar refractivity (Wildman–Crippen MR) is 146 cm³/mol. The number of piperazine rings is 1. The molecule has 4 aromatic heterocycles. The molecule has 0 spiro atoms. The molecule has 6 rings (SSSR count). The molecule has 1 fully saturated rings. The van der Waals surface area contributed by atoms with Crippen LogP contribution in [0.5, 0.6) is 0 Å². The first-order chi connectivity index (χ1) is 17.9. The summed E-state index contributed by atoms with van der Waals surface area (Å²) in [7, 11) is 4.05. The summed E-state index contributed by atoms with van der Waals surface area (Å²) in [5.74, 6) is 0.877. The van der Waals surface area contributed by atoms with Crippen molar-refractivity contribution >= 4 is 39.8 Å². The van der Waals surface area contributed by atoms with Crippen molar-refractivity contribution in [2.45, 2.75) is 19.9 Å². The molecule has 10 nitrogen and oxygen atoms in total. The van der Waals surface area contributed by atoms with Gasteiger partial charge in [0.1, 0.15) is 17.2 Å². The van der Waals surface area contributed by atoms with Gasteiger partial charge in [-0.2, -0.15) is 5.10 Å². The summed E-state index contributed by atoms with van der Waals surface area (Å²) in [5.41, 5.74) is 6.47. The molecule has 0 saturated carbocycles. The molecule has 190 valence electrons. The molecule has 11 heteroatoms. The van der Waals surface area contributed by atoms with Gasteiger partial charge in [0, 0.05) is 50.4 Å². The molecular formula is C26H29ClN10. The van der Waals surface area contributed by atoms with Crippen LogP contribution in [-0.4, -0.2) is 72.5 Å². The van der Waals surface area contributed by atoms with Crippen molar-refractivity contribution in [2.75, 3.05) is 43.4 Å². The number of hydrogen-bond donors (Lipinski definition) is 1. The van der Waals surface area contributed by atoms with E-state index in [0.717, 1.165) is 76.9 Å². The molecule has 5 aromatic rings. The molecule has 1 atom stereocenters. The standard InChI is InChI=1S/C26H29ClN10/c1-16-13-18(17(2)30-20-5-6-22(27)31-24(20)21-7-8-29-35(21)4)23-19(14-16)25-33-28-15-37(25)26(32-23)36-11-9-34(3)10-12-36/h5-8,13-15,17,30H,9-12H2,1-4H3. The number of aromatic nitrogens is 7. The Labute approximate surface area is 219 Å². The zero-order valence-corrected chi connectivity index (χ0v) is 22.1. The van der Waals surface area contributed by atoms with Gasteiger partial charge in [-0.05, 0) is 50.7 Å². The number of hydrogen-bond acceptors (Lipinski definition) is 8. The number of nitrogens with one attached hydrogen (secondary N) is 1. The van der Waals surface area contributed by atoms with E-state index >= 15 is 0 Å². The minimum absolute atomic E-state index is 0.0736. The van der Waals surface area contributed by atoms with Crippen molar-refractivity contribution in [3.63, 3.8) is 0 Å². The smallest absolute Gasteiger partial charge is 0.213 e. The fourth-order valence-electron chi connectivity index (χ4n) is 5.04. The van der Waals surface area contributed by atoms with Gasteiger partial charge in [0.15, 0.2) is 5.65 Å². The third-order valence-corrected chi connectivity index (χ3v) is 7.26. The van der Waals surface area contributed by atoms with Crippen LogP contribution in [0.3, 0.4) is 0 Å².